The summed E-state index contributed by atoms with van der Waals surface area (Å²) < 4.78 is 16.9. The number of carboxylic acid groups (broad SMARTS) is 1. The monoisotopic (exact) mass is 480 g/mol. The molecule has 0 atom stereocenters. The second-order valence-electron chi connectivity index (χ2n) is 8.16. The summed E-state index contributed by atoms with van der Waals surface area (Å²) >= 11 is 0. The minimum Gasteiger partial charge on any atom is -0.490 e. The predicted octanol–water partition coefficient (Wildman–Crippen LogP) is 6.79. The Morgan fingerprint density at radius 2 is 1.49 bits per heavy atom. The number of rotatable bonds is 15. The average molecular weight is 481 g/mol. The molecule has 6 nitrogen and oxygen atoms in total. The third-order valence-corrected chi connectivity index (χ3v) is 5.32. The molecular formula is C29H36O6. The van der Waals surface area contributed by atoms with Crippen LogP contribution in [0.1, 0.15) is 73.9 Å². The molecule has 0 fully saturated rings. The van der Waals surface area contributed by atoms with Crippen LogP contribution in [0.5, 0.6) is 11.5 Å². The molecule has 2 aromatic rings. The van der Waals surface area contributed by atoms with Crippen LogP contribution in [0, 0.1) is 0 Å². The van der Waals surface area contributed by atoms with Crippen molar-refractivity contribution < 1.29 is 28.9 Å². The third-order valence-electron chi connectivity index (χ3n) is 5.32. The molecule has 0 saturated heterocycles. The molecule has 0 bridgehead atoms. The summed E-state index contributed by atoms with van der Waals surface area (Å²) in [5.74, 6) is -0.155. The van der Waals surface area contributed by atoms with Crippen molar-refractivity contribution in [2.75, 3.05) is 20.3 Å². The largest absolute Gasteiger partial charge is 0.490 e. The highest BCUT2D eigenvalue weighted by Gasteiger charge is 2.10. The van der Waals surface area contributed by atoms with Crippen molar-refractivity contribution in [3.63, 3.8) is 0 Å². The molecule has 0 aromatic heterocycles. The lowest BCUT2D eigenvalue weighted by atomic mass is 10.00. The van der Waals surface area contributed by atoms with E-state index in [0.29, 0.717) is 41.4 Å². The lowest BCUT2D eigenvalue weighted by Crippen LogP contribution is -2.03. The maximum absolute atomic E-state index is 12.0. The smallest absolute Gasteiger partial charge is 0.337 e. The van der Waals surface area contributed by atoms with Gasteiger partial charge in [-0.2, -0.15) is 0 Å². The molecule has 6 heteroatoms. The molecule has 0 aliphatic carbocycles. The van der Waals surface area contributed by atoms with Crippen molar-refractivity contribution in [2.45, 2.75) is 52.4 Å². The highest BCUT2D eigenvalue weighted by Crippen LogP contribution is 2.31. The Bertz CT molecular complexity index is 1020. The molecule has 35 heavy (non-hydrogen) atoms. The van der Waals surface area contributed by atoms with E-state index in [-0.39, 0.29) is 0 Å². The van der Waals surface area contributed by atoms with Gasteiger partial charge in [0.1, 0.15) is 0 Å². The number of carbonyl (C=O) groups is 2. The van der Waals surface area contributed by atoms with Crippen LogP contribution in [-0.2, 0) is 9.53 Å². The molecular weight excluding hydrogens is 444 g/mol. The van der Waals surface area contributed by atoms with Gasteiger partial charge in [0.15, 0.2) is 11.5 Å². The highest BCUT2D eigenvalue weighted by atomic mass is 16.5. The molecule has 0 unspecified atom stereocenters. The van der Waals surface area contributed by atoms with E-state index in [9.17, 15) is 14.7 Å². The summed E-state index contributed by atoms with van der Waals surface area (Å²) in [6.07, 6.45) is 10.8. The van der Waals surface area contributed by atoms with Gasteiger partial charge in [-0.15, -0.1) is 0 Å². The number of carbonyl (C=O) groups excluding carboxylic acids is 1. The fourth-order valence-electron chi connectivity index (χ4n) is 3.43. The van der Waals surface area contributed by atoms with E-state index in [1.165, 1.54) is 13.2 Å². The van der Waals surface area contributed by atoms with Crippen molar-refractivity contribution >= 4 is 23.6 Å². The quantitative estimate of drug-likeness (QED) is 0.0993. The van der Waals surface area contributed by atoms with Crippen LogP contribution in [0.25, 0.3) is 11.6 Å². The Balaban J connectivity index is 2.41. The molecule has 0 saturated carbocycles. The lowest BCUT2D eigenvalue weighted by molar-refractivity contribution is -0.131. The first-order chi connectivity index (χ1) is 17.0. The molecule has 188 valence electrons. The zero-order valence-electron chi connectivity index (χ0n) is 20.9. The van der Waals surface area contributed by atoms with Crippen molar-refractivity contribution in [3.8, 4) is 11.5 Å². The summed E-state index contributed by atoms with van der Waals surface area (Å²) in [5.41, 5.74) is 2.53. The fraction of sp³-hybridized carbons (Fsp3) is 0.379. The summed E-state index contributed by atoms with van der Waals surface area (Å²) in [4.78, 5) is 23.2. The Hall–Kier alpha value is -3.54. The van der Waals surface area contributed by atoms with Gasteiger partial charge >= 0.3 is 11.9 Å². The number of hydrogen-bond acceptors (Lipinski definition) is 5. The van der Waals surface area contributed by atoms with E-state index in [2.05, 4.69) is 13.8 Å². The van der Waals surface area contributed by atoms with Gasteiger partial charge in [-0.25, -0.2) is 9.59 Å². The van der Waals surface area contributed by atoms with Crippen LogP contribution in [-0.4, -0.2) is 37.4 Å². The van der Waals surface area contributed by atoms with Crippen molar-refractivity contribution in [3.05, 3.63) is 71.3 Å². The van der Waals surface area contributed by atoms with Gasteiger partial charge in [0.2, 0.25) is 0 Å². The van der Waals surface area contributed by atoms with E-state index < -0.39 is 11.9 Å². The first-order valence-electron chi connectivity index (χ1n) is 12.2. The molecule has 1 N–H and O–H groups in total. The lowest BCUT2D eigenvalue weighted by Gasteiger charge is -2.14. The number of benzene rings is 2. The molecule has 0 radical (unpaired) electrons. The van der Waals surface area contributed by atoms with Gasteiger partial charge in [-0.05, 0) is 66.0 Å². The second kappa shape index (κ2) is 15.4. The predicted molar refractivity (Wildman–Crippen MR) is 139 cm³/mol. The topological polar surface area (TPSA) is 82.1 Å². The Labute approximate surface area is 208 Å². The van der Waals surface area contributed by atoms with Crippen LogP contribution in [0.2, 0.25) is 0 Å². The zero-order chi connectivity index (χ0) is 25.5. The number of aliphatic carboxylic acids is 1. The number of carboxylic acids is 1. The zero-order valence-corrected chi connectivity index (χ0v) is 20.9. The molecule has 0 amide bonds. The van der Waals surface area contributed by atoms with Gasteiger partial charge in [0.05, 0.1) is 25.9 Å². The summed E-state index contributed by atoms with van der Waals surface area (Å²) in [5, 5.41) is 9.17. The number of unbranched alkanes of at least 4 members (excludes halogenated alkanes) is 4. The second-order valence-corrected chi connectivity index (χ2v) is 8.16. The normalized spacial score (nSPS) is 11.5. The van der Waals surface area contributed by atoms with Gasteiger partial charge in [0.25, 0.3) is 0 Å². The number of esters is 1. The first kappa shape index (κ1) is 27.7. The van der Waals surface area contributed by atoms with Gasteiger partial charge < -0.3 is 19.3 Å². The number of ether oxygens (including phenoxy) is 3. The molecule has 2 aromatic carbocycles. The van der Waals surface area contributed by atoms with Crippen LogP contribution in [0.3, 0.4) is 0 Å². The van der Waals surface area contributed by atoms with Crippen molar-refractivity contribution in [2.24, 2.45) is 0 Å². The molecule has 0 heterocycles. The van der Waals surface area contributed by atoms with E-state index in [0.717, 1.165) is 50.2 Å². The highest BCUT2D eigenvalue weighted by molar-refractivity contribution is 5.95. The van der Waals surface area contributed by atoms with Crippen molar-refractivity contribution in [1.29, 1.82) is 0 Å². The fourth-order valence-corrected chi connectivity index (χ4v) is 3.43. The molecule has 0 aliphatic rings. The van der Waals surface area contributed by atoms with Gasteiger partial charge in [-0.3, -0.25) is 0 Å². The number of methoxy groups -OCH3 is 1. The van der Waals surface area contributed by atoms with Gasteiger partial charge in [0, 0.05) is 6.08 Å². The SMILES string of the molecule is CCCCCOc1ccc(/C=C(/C=C/C(=O)O)c2cccc(C(=O)OC)c2)cc1OCCCCC. The summed E-state index contributed by atoms with van der Waals surface area (Å²) in [6.45, 7) is 5.52. The first-order valence-corrected chi connectivity index (χ1v) is 12.2. The van der Waals surface area contributed by atoms with Crippen LogP contribution < -0.4 is 9.47 Å². The van der Waals surface area contributed by atoms with Crippen LogP contribution in [0.4, 0.5) is 0 Å². The average Bonchev–Trinajstić information content (AvgIpc) is 2.87. The Morgan fingerprint density at radius 3 is 2.11 bits per heavy atom. The van der Waals surface area contributed by atoms with E-state index in [1.807, 2.05) is 30.3 Å². The third kappa shape index (κ3) is 9.69. The molecule has 0 spiro atoms. The van der Waals surface area contributed by atoms with Gasteiger partial charge in [-0.1, -0.05) is 57.7 Å². The minimum atomic E-state index is -1.06. The van der Waals surface area contributed by atoms with E-state index in [1.54, 1.807) is 18.2 Å². The van der Waals surface area contributed by atoms with E-state index in [4.69, 9.17) is 14.2 Å². The standard InChI is InChI=1S/C29H36O6/c1-4-6-8-17-34-26-15-13-22(20-27(26)35-18-9-7-5-2)19-24(14-16-28(30)31)23-11-10-12-25(21-23)29(32)33-3/h10-16,19-21H,4-9,17-18H2,1-3H3,(H,30,31)/b16-14+,24-19-. The minimum absolute atomic E-state index is 0.385. The number of hydrogen-bond donors (Lipinski definition) is 1. The summed E-state index contributed by atoms with van der Waals surface area (Å²) in [6, 6.07) is 12.6. The summed E-state index contributed by atoms with van der Waals surface area (Å²) in [7, 11) is 1.32. The van der Waals surface area contributed by atoms with E-state index >= 15 is 0 Å². The maximum atomic E-state index is 12.0. The van der Waals surface area contributed by atoms with Crippen LogP contribution in [0.15, 0.2) is 54.6 Å². The Kier molecular flexibility index (Phi) is 12.2. The maximum Gasteiger partial charge on any atom is 0.337 e. The Morgan fingerprint density at radius 1 is 0.829 bits per heavy atom. The number of allylic oxidation sites excluding steroid dienone is 2. The molecule has 0 aliphatic heterocycles. The van der Waals surface area contributed by atoms with Crippen LogP contribution >= 0.6 is 0 Å². The molecule has 2 rings (SSSR count). The van der Waals surface area contributed by atoms with Crippen molar-refractivity contribution in [1.82, 2.24) is 0 Å².